The summed E-state index contributed by atoms with van der Waals surface area (Å²) in [5, 5.41) is 4.99. The van der Waals surface area contributed by atoms with Crippen LogP contribution < -0.4 is 10.2 Å². The Morgan fingerprint density at radius 3 is 2.91 bits per heavy atom. The normalized spacial score (nSPS) is 11.0. The third-order valence-corrected chi connectivity index (χ3v) is 3.23. The first-order valence-electron chi connectivity index (χ1n) is 6.66. The maximum absolute atomic E-state index is 11.8. The molecule has 2 N–H and O–H groups in total. The summed E-state index contributed by atoms with van der Waals surface area (Å²) < 4.78 is 5.18. The Morgan fingerprint density at radius 2 is 2.14 bits per heavy atom. The monoisotopic (exact) mass is 294 g/mol. The van der Waals surface area contributed by atoms with Gasteiger partial charge in [-0.15, -0.1) is 0 Å². The Morgan fingerprint density at radius 1 is 1.32 bits per heavy atom. The van der Waals surface area contributed by atoms with Crippen molar-refractivity contribution in [2.45, 2.75) is 0 Å². The lowest BCUT2D eigenvalue weighted by Gasteiger charge is -1.99. The van der Waals surface area contributed by atoms with Crippen molar-refractivity contribution in [3.8, 4) is 5.75 Å². The summed E-state index contributed by atoms with van der Waals surface area (Å²) in [7, 11) is 1.63. The smallest absolute Gasteiger partial charge is 0.271 e. The van der Waals surface area contributed by atoms with Crippen LogP contribution in [0.3, 0.4) is 0 Å². The lowest BCUT2D eigenvalue weighted by atomic mass is 10.2. The summed E-state index contributed by atoms with van der Waals surface area (Å²) in [6, 6.07) is 8.98. The molecule has 0 saturated carbocycles. The van der Waals surface area contributed by atoms with Crippen LogP contribution in [0.4, 0.5) is 0 Å². The molecule has 0 radical (unpaired) electrons. The van der Waals surface area contributed by atoms with Gasteiger partial charge in [0.2, 0.25) is 0 Å². The predicted molar refractivity (Wildman–Crippen MR) is 84.1 cm³/mol. The molecule has 3 rings (SSSR count). The average Bonchev–Trinajstić information content (AvgIpc) is 2.98. The molecule has 6 nitrogen and oxygen atoms in total. The third kappa shape index (κ3) is 2.80. The molecular weight excluding hydrogens is 280 g/mol. The minimum atomic E-state index is -0.278. The number of carbonyl (C=O) groups is 1. The van der Waals surface area contributed by atoms with Gasteiger partial charge in [-0.3, -0.25) is 9.78 Å². The van der Waals surface area contributed by atoms with E-state index in [1.54, 1.807) is 37.9 Å². The number of hydrazone groups is 1. The van der Waals surface area contributed by atoms with Crippen LogP contribution in [0.1, 0.15) is 15.9 Å². The highest BCUT2D eigenvalue weighted by Crippen LogP contribution is 2.22. The van der Waals surface area contributed by atoms with Crippen LogP contribution in [0.25, 0.3) is 10.9 Å². The number of rotatable bonds is 4. The fourth-order valence-corrected chi connectivity index (χ4v) is 2.09. The molecule has 1 amide bonds. The van der Waals surface area contributed by atoms with Crippen molar-refractivity contribution in [2.75, 3.05) is 7.11 Å². The van der Waals surface area contributed by atoms with Gasteiger partial charge in [-0.1, -0.05) is 0 Å². The molecule has 0 saturated heterocycles. The van der Waals surface area contributed by atoms with Crippen LogP contribution in [-0.2, 0) is 0 Å². The fraction of sp³-hybridized carbons (Fsp3) is 0.0625. The zero-order chi connectivity index (χ0) is 15.4. The number of pyridine rings is 1. The van der Waals surface area contributed by atoms with Crippen molar-refractivity contribution in [3.63, 3.8) is 0 Å². The minimum absolute atomic E-state index is 0.278. The van der Waals surface area contributed by atoms with Crippen molar-refractivity contribution < 1.29 is 9.53 Å². The quantitative estimate of drug-likeness (QED) is 0.572. The molecule has 0 bridgehead atoms. The van der Waals surface area contributed by atoms with Crippen molar-refractivity contribution in [3.05, 3.63) is 60.0 Å². The second-order valence-electron chi connectivity index (χ2n) is 4.59. The molecule has 1 aromatic carbocycles. The number of fused-ring (bicyclic) bond motifs is 1. The summed E-state index contributed by atoms with van der Waals surface area (Å²) in [6.07, 6.45) is 6.55. The largest absolute Gasteiger partial charge is 0.497 e. The number of carbonyl (C=O) groups excluding carboxylic acids is 1. The summed E-state index contributed by atoms with van der Waals surface area (Å²) in [5.41, 5.74) is 4.83. The van der Waals surface area contributed by atoms with Gasteiger partial charge in [0.15, 0.2) is 0 Å². The summed E-state index contributed by atoms with van der Waals surface area (Å²) in [6.45, 7) is 0. The number of methoxy groups -OCH3 is 1. The number of aromatic nitrogens is 2. The molecule has 0 aliphatic carbocycles. The molecule has 0 aliphatic rings. The summed E-state index contributed by atoms with van der Waals surface area (Å²) in [5.74, 6) is 0.504. The number of nitrogens with one attached hydrogen (secondary N) is 2. The van der Waals surface area contributed by atoms with Crippen molar-refractivity contribution in [1.82, 2.24) is 15.4 Å². The number of amides is 1. The van der Waals surface area contributed by atoms with Gasteiger partial charge in [-0.2, -0.15) is 5.10 Å². The zero-order valence-corrected chi connectivity index (χ0v) is 11.9. The average molecular weight is 294 g/mol. The summed E-state index contributed by atoms with van der Waals surface area (Å²) in [4.78, 5) is 18.8. The maximum atomic E-state index is 11.8. The van der Waals surface area contributed by atoms with Gasteiger partial charge < -0.3 is 9.72 Å². The van der Waals surface area contributed by atoms with E-state index in [1.807, 2.05) is 24.4 Å². The second-order valence-corrected chi connectivity index (χ2v) is 4.59. The third-order valence-electron chi connectivity index (χ3n) is 3.23. The number of benzene rings is 1. The van der Waals surface area contributed by atoms with E-state index in [0.29, 0.717) is 5.56 Å². The zero-order valence-electron chi connectivity index (χ0n) is 11.9. The van der Waals surface area contributed by atoms with Gasteiger partial charge in [0.05, 0.1) is 13.3 Å². The molecule has 0 unspecified atom stereocenters. The molecule has 0 atom stereocenters. The molecule has 3 aromatic rings. The minimum Gasteiger partial charge on any atom is -0.497 e. The van der Waals surface area contributed by atoms with E-state index >= 15 is 0 Å². The number of hydrogen-bond donors (Lipinski definition) is 2. The Hall–Kier alpha value is -3.15. The van der Waals surface area contributed by atoms with E-state index in [2.05, 4.69) is 20.5 Å². The molecule has 0 aliphatic heterocycles. The lowest BCUT2D eigenvalue weighted by Crippen LogP contribution is -2.17. The first kappa shape index (κ1) is 13.8. The fourth-order valence-electron chi connectivity index (χ4n) is 2.09. The number of aromatic amines is 1. The Balaban J connectivity index is 1.74. The van der Waals surface area contributed by atoms with Crippen LogP contribution in [-0.4, -0.2) is 29.2 Å². The molecule has 110 valence electrons. The molecule has 2 aromatic heterocycles. The van der Waals surface area contributed by atoms with Crippen molar-refractivity contribution in [2.24, 2.45) is 5.10 Å². The highest BCUT2D eigenvalue weighted by molar-refractivity contribution is 6.00. The second kappa shape index (κ2) is 6.09. The molecule has 0 fully saturated rings. The van der Waals surface area contributed by atoms with Gasteiger partial charge in [-0.05, 0) is 24.3 Å². The standard InChI is InChI=1S/C16H14N4O2/c1-22-13-2-3-14-12(9-18-15(14)8-13)10-19-20-16(21)11-4-6-17-7-5-11/h2-10,18H,1H3,(H,20,21). The topological polar surface area (TPSA) is 79.4 Å². The van der Waals surface area contributed by atoms with Gasteiger partial charge in [0.25, 0.3) is 5.91 Å². The first-order valence-corrected chi connectivity index (χ1v) is 6.66. The van der Waals surface area contributed by atoms with Crippen molar-refractivity contribution >= 4 is 23.0 Å². The lowest BCUT2D eigenvalue weighted by molar-refractivity contribution is 0.0955. The van der Waals surface area contributed by atoms with Crippen LogP contribution in [0.5, 0.6) is 5.75 Å². The van der Waals surface area contributed by atoms with E-state index in [4.69, 9.17) is 4.74 Å². The highest BCUT2D eigenvalue weighted by Gasteiger charge is 2.04. The number of H-pyrrole nitrogens is 1. The van der Waals surface area contributed by atoms with Crippen LogP contribution in [0.15, 0.2) is 54.0 Å². The molecule has 22 heavy (non-hydrogen) atoms. The predicted octanol–water partition coefficient (Wildman–Crippen LogP) is 2.34. The van der Waals surface area contributed by atoms with Crippen LogP contribution >= 0.6 is 0 Å². The molecular formula is C16H14N4O2. The van der Waals surface area contributed by atoms with Gasteiger partial charge in [0.1, 0.15) is 5.75 Å². The van der Waals surface area contributed by atoms with Gasteiger partial charge in [0, 0.05) is 46.7 Å². The first-order chi connectivity index (χ1) is 10.8. The Kier molecular flexibility index (Phi) is 3.82. The van der Waals surface area contributed by atoms with Crippen LogP contribution in [0.2, 0.25) is 0 Å². The number of nitrogens with zero attached hydrogens (tertiary/aromatic N) is 2. The van der Waals surface area contributed by atoms with Crippen LogP contribution in [0, 0.1) is 0 Å². The van der Waals surface area contributed by atoms with E-state index in [0.717, 1.165) is 22.2 Å². The number of hydrogen-bond acceptors (Lipinski definition) is 4. The maximum Gasteiger partial charge on any atom is 0.271 e. The van der Waals surface area contributed by atoms with E-state index in [-0.39, 0.29) is 5.91 Å². The molecule has 6 heteroatoms. The molecule has 0 spiro atoms. The van der Waals surface area contributed by atoms with Crippen molar-refractivity contribution in [1.29, 1.82) is 0 Å². The van der Waals surface area contributed by atoms with E-state index < -0.39 is 0 Å². The van der Waals surface area contributed by atoms with Gasteiger partial charge in [-0.25, -0.2) is 5.43 Å². The van der Waals surface area contributed by atoms with Gasteiger partial charge >= 0.3 is 0 Å². The Bertz CT molecular complexity index is 825. The number of ether oxygens (including phenoxy) is 1. The Labute approximate surface area is 126 Å². The SMILES string of the molecule is COc1ccc2c(C=NNC(=O)c3ccncc3)c[nH]c2c1. The van der Waals surface area contributed by atoms with E-state index in [9.17, 15) is 4.79 Å². The molecule has 2 heterocycles. The van der Waals surface area contributed by atoms with E-state index in [1.165, 1.54) is 0 Å². The highest BCUT2D eigenvalue weighted by atomic mass is 16.5. The summed E-state index contributed by atoms with van der Waals surface area (Å²) >= 11 is 0.